The molecule has 1 rings (SSSR count). The summed E-state index contributed by atoms with van der Waals surface area (Å²) in [5.41, 5.74) is 0.291. The summed E-state index contributed by atoms with van der Waals surface area (Å²) in [4.78, 5) is 14.0. The van der Waals surface area contributed by atoms with Crippen LogP contribution in [0.1, 0.15) is 47.0 Å². The maximum Gasteiger partial charge on any atom is 0.236 e. The standard InChI is InChI=1S/C12H22BrNO/c1-9(8-12(2,3)4)14-7-5-6-10(13)11(14)15/h9-10H,5-8H2,1-4H3. The summed E-state index contributed by atoms with van der Waals surface area (Å²) in [6.45, 7) is 9.77. The summed E-state index contributed by atoms with van der Waals surface area (Å²) in [5.74, 6) is 0.276. The SMILES string of the molecule is CC(CC(C)(C)C)N1CCCC(Br)C1=O. The van der Waals surface area contributed by atoms with E-state index in [4.69, 9.17) is 0 Å². The van der Waals surface area contributed by atoms with Gasteiger partial charge in [0.05, 0.1) is 4.83 Å². The van der Waals surface area contributed by atoms with E-state index >= 15 is 0 Å². The Bertz CT molecular complexity index is 234. The van der Waals surface area contributed by atoms with Gasteiger partial charge < -0.3 is 4.90 Å². The second-order valence-corrected chi connectivity index (χ2v) is 6.86. The second kappa shape index (κ2) is 4.86. The normalized spacial score (nSPS) is 25.5. The van der Waals surface area contributed by atoms with Crippen LogP contribution in [0.2, 0.25) is 0 Å². The molecule has 2 unspecified atom stereocenters. The fraction of sp³-hybridized carbons (Fsp3) is 0.917. The molecule has 0 aliphatic carbocycles. The molecule has 1 aliphatic heterocycles. The molecule has 1 aliphatic rings. The highest BCUT2D eigenvalue weighted by atomic mass is 79.9. The zero-order valence-electron chi connectivity index (χ0n) is 10.2. The number of hydrogen-bond acceptors (Lipinski definition) is 1. The lowest BCUT2D eigenvalue weighted by Gasteiger charge is -2.37. The number of piperidine rings is 1. The van der Waals surface area contributed by atoms with E-state index in [-0.39, 0.29) is 10.7 Å². The first kappa shape index (κ1) is 13.0. The van der Waals surface area contributed by atoms with E-state index in [1.165, 1.54) is 0 Å². The van der Waals surface area contributed by atoms with Crippen molar-refractivity contribution in [3.8, 4) is 0 Å². The topological polar surface area (TPSA) is 20.3 Å². The predicted octanol–water partition coefficient (Wildman–Crippen LogP) is 3.20. The maximum atomic E-state index is 11.9. The van der Waals surface area contributed by atoms with E-state index < -0.39 is 0 Å². The van der Waals surface area contributed by atoms with Crippen LogP contribution < -0.4 is 0 Å². The molecule has 0 aromatic carbocycles. The molecule has 1 heterocycles. The summed E-state index contributed by atoms with van der Waals surface area (Å²) in [5, 5.41) is 0. The number of carbonyl (C=O) groups excluding carboxylic acids is 1. The van der Waals surface area contributed by atoms with Crippen molar-refractivity contribution in [2.24, 2.45) is 5.41 Å². The van der Waals surface area contributed by atoms with E-state index in [1.54, 1.807) is 0 Å². The monoisotopic (exact) mass is 275 g/mol. The third kappa shape index (κ3) is 3.78. The van der Waals surface area contributed by atoms with Crippen molar-refractivity contribution in [2.75, 3.05) is 6.54 Å². The van der Waals surface area contributed by atoms with Gasteiger partial charge in [-0.15, -0.1) is 0 Å². The highest BCUT2D eigenvalue weighted by Gasteiger charge is 2.31. The molecule has 0 radical (unpaired) electrons. The molecule has 88 valence electrons. The Hall–Kier alpha value is -0.0500. The quantitative estimate of drug-likeness (QED) is 0.709. The molecule has 0 saturated carbocycles. The van der Waals surface area contributed by atoms with E-state index in [0.29, 0.717) is 11.5 Å². The van der Waals surface area contributed by atoms with Crippen LogP contribution in [0.4, 0.5) is 0 Å². The fourth-order valence-electron chi connectivity index (χ4n) is 2.29. The molecule has 1 fully saturated rings. The van der Waals surface area contributed by atoms with E-state index in [2.05, 4.69) is 43.6 Å². The van der Waals surface area contributed by atoms with Crippen LogP contribution in [0, 0.1) is 5.41 Å². The molecule has 3 heteroatoms. The predicted molar refractivity (Wildman–Crippen MR) is 67.2 cm³/mol. The van der Waals surface area contributed by atoms with Crippen LogP contribution in [-0.2, 0) is 4.79 Å². The van der Waals surface area contributed by atoms with Crippen LogP contribution in [-0.4, -0.2) is 28.2 Å². The van der Waals surface area contributed by atoms with E-state index in [0.717, 1.165) is 25.8 Å². The molecule has 15 heavy (non-hydrogen) atoms. The first-order chi connectivity index (χ1) is 6.81. The number of nitrogens with zero attached hydrogens (tertiary/aromatic N) is 1. The van der Waals surface area contributed by atoms with Crippen LogP contribution in [0.5, 0.6) is 0 Å². The third-order valence-electron chi connectivity index (χ3n) is 2.85. The average Bonchev–Trinajstić information content (AvgIpc) is 2.06. The molecule has 2 nitrogen and oxygen atoms in total. The van der Waals surface area contributed by atoms with Gasteiger partial charge in [0.25, 0.3) is 0 Å². The molecule has 0 bridgehead atoms. The summed E-state index contributed by atoms with van der Waals surface area (Å²) in [6.07, 6.45) is 3.17. The molecule has 0 aromatic rings. The zero-order chi connectivity index (χ0) is 11.6. The van der Waals surface area contributed by atoms with Gasteiger partial charge in [-0.05, 0) is 31.6 Å². The van der Waals surface area contributed by atoms with Crippen molar-refractivity contribution in [3.05, 3.63) is 0 Å². The van der Waals surface area contributed by atoms with Crippen molar-refractivity contribution in [3.63, 3.8) is 0 Å². The zero-order valence-corrected chi connectivity index (χ0v) is 11.8. The molecule has 1 saturated heterocycles. The molecule has 0 spiro atoms. The number of halogens is 1. The number of hydrogen-bond donors (Lipinski definition) is 0. The van der Waals surface area contributed by atoms with Gasteiger partial charge in [0.2, 0.25) is 5.91 Å². The Balaban J connectivity index is 2.58. The number of amides is 1. The lowest BCUT2D eigenvalue weighted by molar-refractivity contribution is -0.135. The summed E-state index contributed by atoms with van der Waals surface area (Å²) in [6, 6.07) is 0.359. The highest BCUT2D eigenvalue weighted by molar-refractivity contribution is 9.10. The van der Waals surface area contributed by atoms with E-state index in [9.17, 15) is 4.79 Å². The number of rotatable bonds is 2. The number of carbonyl (C=O) groups is 1. The highest BCUT2D eigenvalue weighted by Crippen LogP contribution is 2.27. The Morgan fingerprint density at radius 3 is 2.67 bits per heavy atom. The molecule has 0 N–H and O–H groups in total. The Labute approximate surface area is 102 Å². The van der Waals surface area contributed by atoms with Gasteiger partial charge in [-0.25, -0.2) is 0 Å². The van der Waals surface area contributed by atoms with Crippen molar-refractivity contribution in [1.82, 2.24) is 4.90 Å². The van der Waals surface area contributed by atoms with Crippen molar-refractivity contribution < 1.29 is 4.79 Å². The Morgan fingerprint density at radius 1 is 1.53 bits per heavy atom. The number of alkyl halides is 1. The summed E-state index contributed by atoms with van der Waals surface area (Å²) >= 11 is 3.45. The molecular weight excluding hydrogens is 254 g/mol. The molecular formula is C12H22BrNO. The largest absolute Gasteiger partial charge is 0.339 e. The lowest BCUT2D eigenvalue weighted by atomic mass is 9.87. The lowest BCUT2D eigenvalue weighted by Crippen LogP contribution is -2.47. The van der Waals surface area contributed by atoms with Gasteiger partial charge in [0, 0.05) is 12.6 Å². The minimum atomic E-state index is 0.0497. The minimum absolute atomic E-state index is 0.0497. The molecule has 0 aromatic heterocycles. The van der Waals surface area contributed by atoms with Gasteiger partial charge >= 0.3 is 0 Å². The van der Waals surface area contributed by atoms with Gasteiger partial charge in [0.15, 0.2) is 0 Å². The summed E-state index contributed by atoms with van der Waals surface area (Å²) < 4.78 is 0. The van der Waals surface area contributed by atoms with Gasteiger partial charge in [-0.3, -0.25) is 4.79 Å². The fourth-order valence-corrected chi connectivity index (χ4v) is 2.88. The second-order valence-electron chi connectivity index (χ2n) is 5.76. The maximum absolute atomic E-state index is 11.9. The van der Waals surface area contributed by atoms with Crippen LogP contribution in [0.25, 0.3) is 0 Å². The average molecular weight is 276 g/mol. The van der Waals surface area contributed by atoms with Crippen LogP contribution >= 0.6 is 15.9 Å². The van der Waals surface area contributed by atoms with Crippen molar-refractivity contribution in [2.45, 2.75) is 57.8 Å². The smallest absolute Gasteiger partial charge is 0.236 e. The van der Waals surface area contributed by atoms with Crippen LogP contribution in [0.3, 0.4) is 0 Å². The van der Waals surface area contributed by atoms with Crippen LogP contribution in [0.15, 0.2) is 0 Å². The van der Waals surface area contributed by atoms with Crippen molar-refractivity contribution in [1.29, 1.82) is 0 Å². The third-order valence-corrected chi connectivity index (χ3v) is 3.70. The van der Waals surface area contributed by atoms with Crippen molar-refractivity contribution >= 4 is 21.8 Å². The summed E-state index contributed by atoms with van der Waals surface area (Å²) in [7, 11) is 0. The first-order valence-electron chi connectivity index (χ1n) is 5.76. The van der Waals surface area contributed by atoms with E-state index in [1.807, 2.05) is 4.90 Å². The van der Waals surface area contributed by atoms with Gasteiger partial charge in [-0.1, -0.05) is 36.7 Å². The number of likely N-dealkylation sites (tertiary alicyclic amines) is 1. The molecule has 1 amide bonds. The van der Waals surface area contributed by atoms with Gasteiger partial charge in [-0.2, -0.15) is 0 Å². The van der Waals surface area contributed by atoms with Gasteiger partial charge in [0.1, 0.15) is 0 Å². The Kier molecular flexibility index (Phi) is 4.21. The first-order valence-corrected chi connectivity index (χ1v) is 6.67. The minimum Gasteiger partial charge on any atom is -0.339 e. The Morgan fingerprint density at radius 2 is 2.13 bits per heavy atom. The molecule has 2 atom stereocenters.